The largest absolute Gasteiger partial charge is 0.300 e. The van der Waals surface area contributed by atoms with E-state index in [1.54, 1.807) is 0 Å². The van der Waals surface area contributed by atoms with E-state index in [1.165, 1.54) is 13.0 Å². The molecule has 1 heterocycles. The van der Waals surface area contributed by atoms with Crippen molar-refractivity contribution in [3.63, 3.8) is 0 Å². The Morgan fingerprint density at radius 1 is 1.33 bits per heavy atom. The Morgan fingerprint density at radius 3 is 2.33 bits per heavy atom. The van der Waals surface area contributed by atoms with Crippen molar-refractivity contribution in [1.29, 1.82) is 0 Å². The molecule has 1 rings (SSSR count). The van der Waals surface area contributed by atoms with Crippen LogP contribution in [0, 0.1) is 11.3 Å². The molecule has 0 amide bonds. The van der Waals surface area contributed by atoms with Crippen LogP contribution in [0.4, 0.5) is 0 Å². The SMILES string of the molecule is CC1CC(C)N(CCC(=O)C(C)(C)C)C1. The van der Waals surface area contributed by atoms with Crippen LogP contribution in [0.2, 0.25) is 0 Å². The zero-order valence-corrected chi connectivity index (χ0v) is 10.8. The van der Waals surface area contributed by atoms with E-state index in [9.17, 15) is 4.79 Å². The molecule has 1 fully saturated rings. The number of ketones is 1. The lowest BCUT2D eigenvalue weighted by molar-refractivity contribution is -0.126. The number of carbonyl (C=O) groups is 1. The van der Waals surface area contributed by atoms with Gasteiger partial charge in [0.05, 0.1) is 0 Å². The molecule has 0 radical (unpaired) electrons. The summed E-state index contributed by atoms with van der Waals surface area (Å²) >= 11 is 0. The molecule has 1 aliphatic rings. The summed E-state index contributed by atoms with van der Waals surface area (Å²) in [6, 6.07) is 0.660. The average Bonchev–Trinajstić information content (AvgIpc) is 2.39. The van der Waals surface area contributed by atoms with Gasteiger partial charge in [-0.1, -0.05) is 27.7 Å². The number of hydrogen-bond donors (Lipinski definition) is 0. The number of hydrogen-bond acceptors (Lipinski definition) is 2. The Morgan fingerprint density at radius 2 is 1.93 bits per heavy atom. The zero-order chi connectivity index (χ0) is 11.6. The zero-order valence-electron chi connectivity index (χ0n) is 10.8. The second kappa shape index (κ2) is 4.65. The molecular formula is C13H25NO. The molecule has 1 saturated heterocycles. The molecule has 2 nitrogen and oxygen atoms in total. The van der Waals surface area contributed by atoms with Gasteiger partial charge in [0.15, 0.2) is 0 Å². The topological polar surface area (TPSA) is 20.3 Å². The maximum Gasteiger partial charge on any atom is 0.139 e. The first kappa shape index (κ1) is 12.7. The second-order valence-corrected chi connectivity index (χ2v) is 6.11. The third-order valence-corrected chi connectivity index (χ3v) is 3.38. The van der Waals surface area contributed by atoms with Gasteiger partial charge in [-0.15, -0.1) is 0 Å². The van der Waals surface area contributed by atoms with Crippen LogP contribution in [-0.2, 0) is 4.79 Å². The van der Waals surface area contributed by atoms with E-state index in [0.29, 0.717) is 18.2 Å². The quantitative estimate of drug-likeness (QED) is 0.715. The minimum atomic E-state index is -0.172. The van der Waals surface area contributed by atoms with Gasteiger partial charge in [0.25, 0.3) is 0 Å². The van der Waals surface area contributed by atoms with Crippen LogP contribution in [-0.4, -0.2) is 29.8 Å². The van der Waals surface area contributed by atoms with Crippen LogP contribution in [0.1, 0.15) is 47.5 Å². The molecule has 0 aromatic carbocycles. The van der Waals surface area contributed by atoms with Gasteiger partial charge in [0, 0.05) is 31.0 Å². The van der Waals surface area contributed by atoms with Crippen molar-refractivity contribution in [2.24, 2.45) is 11.3 Å². The van der Waals surface area contributed by atoms with E-state index in [-0.39, 0.29) is 5.41 Å². The predicted octanol–water partition coefficient (Wildman–Crippen LogP) is 2.72. The molecule has 88 valence electrons. The van der Waals surface area contributed by atoms with Crippen LogP contribution >= 0.6 is 0 Å². The van der Waals surface area contributed by atoms with E-state index < -0.39 is 0 Å². The summed E-state index contributed by atoms with van der Waals surface area (Å²) < 4.78 is 0. The number of nitrogens with zero attached hydrogens (tertiary/aromatic N) is 1. The summed E-state index contributed by atoms with van der Waals surface area (Å²) in [4.78, 5) is 14.2. The number of Topliss-reactive ketones (excluding diaryl/α,β-unsaturated/α-hetero) is 1. The Kier molecular flexibility index (Phi) is 3.93. The van der Waals surface area contributed by atoms with Crippen LogP contribution < -0.4 is 0 Å². The van der Waals surface area contributed by atoms with Gasteiger partial charge in [-0.3, -0.25) is 9.69 Å². The normalized spacial score (nSPS) is 28.3. The third-order valence-electron chi connectivity index (χ3n) is 3.38. The molecule has 1 aliphatic heterocycles. The summed E-state index contributed by atoms with van der Waals surface area (Å²) in [7, 11) is 0. The third kappa shape index (κ3) is 3.60. The second-order valence-electron chi connectivity index (χ2n) is 6.11. The molecule has 0 saturated carbocycles. The van der Waals surface area contributed by atoms with E-state index in [4.69, 9.17) is 0 Å². The molecule has 0 aromatic rings. The average molecular weight is 211 g/mol. The van der Waals surface area contributed by atoms with Crippen molar-refractivity contribution in [3.8, 4) is 0 Å². The lowest BCUT2D eigenvalue weighted by Crippen LogP contribution is -2.32. The van der Waals surface area contributed by atoms with Gasteiger partial charge in [-0.05, 0) is 19.3 Å². The van der Waals surface area contributed by atoms with Gasteiger partial charge in [0.1, 0.15) is 5.78 Å². The van der Waals surface area contributed by atoms with Gasteiger partial charge in [0.2, 0.25) is 0 Å². The fourth-order valence-corrected chi connectivity index (χ4v) is 2.32. The van der Waals surface area contributed by atoms with Crippen molar-refractivity contribution in [3.05, 3.63) is 0 Å². The number of carbonyl (C=O) groups excluding carboxylic acids is 1. The van der Waals surface area contributed by atoms with Crippen LogP contribution in [0.5, 0.6) is 0 Å². The van der Waals surface area contributed by atoms with Gasteiger partial charge >= 0.3 is 0 Å². The van der Waals surface area contributed by atoms with Crippen molar-refractivity contribution in [2.45, 2.75) is 53.5 Å². The fraction of sp³-hybridized carbons (Fsp3) is 0.923. The molecule has 0 N–H and O–H groups in total. The first-order valence-electron chi connectivity index (χ1n) is 6.08. The summed E-state index contributed by atoms with van der Waals surface area (Å²) in [5.41, 5.74) is -0.172. The molecule has 2 atom stereocenters. The molecule has 2 heteroatoms. The Bertz CT molecular complexity index is 229. The fourth-order valence-electron chi connectivity index (χ4n) is 2.32. The van der Waals surface area contributed by atoms with E-state index in [1.807, 2.05) is 20.8 Å². The summed E-state index contributed by atoms with van der Waals surface area (Å²) in [6.07, 6.45) is 1.99. The monoisotopic (exact) mass is 211 g/mol. The molecule has 2 unspecified atom stereocenters. The van der Waals surface area contributed by atoms with Crippen LogP contribution in [0.3, 0.4) is 0 Å². The van der Waals surface area contributed by atoms with Gasteiger partial charge < -0.3 is 0 Å². The standard InChI is InChI=1S/C13H25NO/c1-10-8-11(2)14(9-10)7-6-12(15)13(3,4)5/h10-11H,6-9H2,1-5H3. The lowest BCUT2D eigenvalue weighted by atomic mass is 9.89. The maximum atomic E-state index is 11.8. The van der Waals surface area contributed by atoms with Crippen molar-refractivity contribution < 1.29 is 4.79 Å². The Balaban J connectivity index is 2.35. The maximum absolute atomic E-state index is 11.8. The van der Waals surface area contributed by atoms with Crippen molar-refractivity contribution in [2.75, 3.05) is 13.1 Å². The smallest absolute Gasteiger partial charge is 0.139 e. The number of likely N-dealkylation sites (tertiary alicyclic amines) is 1. The summed E-state index contributed by atoms with van der Waals surface area (Å²) in [5.74, 6) is 1.18. The highest BCUT2D eigenvalue weighted by atomic mass is 16.1. The van der Waals surface area contributed by atoms with E-state index in [0.717, 1.165) is 12.5 Å². The Hall–Kier alpha value is -0.370. The summed E-state index contributed by atoms with van der Waals surface area (Å²) in [6.45, 7) is 12.7. The highest BCUT2D eigenvalue weighted by Gasteiger charge is 2.27. The minimum Gasteiger partial charge on any atom is -0.300 e. The van der Waals surface area contributed by atoms with Crippen molar-refractivity contribution >= 4 is 5.78 Å². The highest BCUT2D eigenvalue weighted by Crippen LogP contribution is 2.23. The molecule has 15 heavy (non-hydrogen) atoms. The number of rotatable bonds is 3. The van der Waals surface area contributed by atoms with Crippen LogP contribution in [0.15, 0.2) is 0 Å². The predicted molar refractivity (Wildman–Crippen MR) is 63.9 cm³/mol. The molecule has 0 bridgehead atoms. The molecule has 0 spiro atoms. The lowest BCUT2D eigenvalue weighted by Gasteiger charge is -2.23. The van der Waals surface area contributed by atoms with E-state index >= 15 is 0 Å². The van der Waals surface area contributed by atoms with E-state index in [2.05, 4.69) is 18.7 Å². The van der Waals surface area contributed by atoms with Crippen LogP contribution in [0.25, 0.3) is 0 Å². The molecular weight excluding hydrogens is 186 g/mol. The first-order chi connectivity index (χ1) is 6.80. The van der Waals surface area contributed by atoms with Gasteiger partial charge in [-0.25, -0.2) is 0 Å². The van der Waals surface area contributed by atoms with Gasteiger partial charge in [-0.2, -0.15) is 0 Å². The Labute approximate surface area is 94.0 Å². The molecule has 0 aliphatic carbocycles. The molecule has 0 aromatic heterocycles. The van der Waals surface area contributed by atoms with Crippen molar-refractivity contribution in [1.82, 2.24) is 4.90 Å². The minimum absolute atomic E-state index is 0.172. The highest BCUT2D eigenvalue weighted by molar-refractivity contribution is 5.83. The summed E-state index contributed by atoms with van der Waals surface area (Å²) in [5, 5.41) is 0. The first-order valence-corrected chi connectivity index (χ1v) is 6.08.